The standard InChI is InChI=1S/C19H28O2/c1-18-9-7-13(20)11-12(18)3-4-14-15-5-6-17(21)19(15,2)10-8-16(14)18/h3,5,13-14,16-17,20-21H,4,6-11H2,1-2H3/t13-,14-,16-,17-,18-,19-/m0/s1. The molecule has 0 unspecified atom stereocenters. The smallest absolute Gasteiger partial charge is 0.0665 e. The molecule has 0 aromatic heterocycles. The van der Waals surface area contributed by atoms with Crippen LogP contribution in [0.5, 0.6) is 0 Å². The van der Waals surface area contributed by atoms with Crippen LogP contribution in [0.1, 0.15) is 58.8 Å². The first kappa shape index (κ1) is 14.0. The van der Waals surface area contributed by atoms with E-state index in [1.807, 2.05) is 0 Å². The van der Waals surface area contributed by atoms with Crippen LogP contribution in [0.3, 0.4) is 0 Å². The largest absolute Gasteiger partial charge is 0.393 e. The summed E-state index contributed by atoms with van der Waals surface area (Å²) in [5.74, 6) is 1.35. The van der Waals surface area contributed by atoms with E-state index < -0.39 is 0 Å². The summed E-state index contributed by atoms with van der Waals surface area (Å²) in [7, 11) is 0. The summed E-state index contributed by atoms with van der Waals surface area (Å²) in [5, 5.41) is 20.4. The predicted octanol–water partition coefficient (Wildman–Crippen LogP) is 3.59. The van der Waals surface area contributed by atoms with E-state index in [1.165, 1.54) is 12.0 Å². The van der Waals surface area contributed by atoms with E-state index in [1.54, 1.807) is 5.57 Å². The monoisotopic (exact) mass is 288 g/mol. The lowest BCUT2D eigenvalue weighted by atomic mass is 9.49. The Morgan fingerprint density at radius 2 is 1.76 bits per heavy atom. The molecule has 0 aliphatic heterocycles. The van der Waals surface area contributed by atoms with Crippen molar-refractivity contribution in [3.8, 4) is 0 Å². The summed E-state index contributed by atoms with van der Waals surface area (Å²) >= 11 is 0. The minimum Gasteiger partial charge on any atom is -0.393 e. The van der Waals surface area contributed by atoms with E-state index in [-0.39, 0.29) is 23.0 Å². The first-order chi connectivity index (χ1) is 9.95. The first-order valence-electron chi connectivity index (χ1n) is 8.71. The first-order valence-corrected chi connectivity index (χ1v) is 8.71. The van der Waals surface area contributed by atoms with E-state index in [0.29, 0.717) is 5.92 Å². The van der Waals surface area contributed by atoms with Crippen LogP contribution in [0.2, 0.25) is 0 Å². The van der Waals surface area contributed by atoms with Gasteiger partial charge in [-0.05, 0) is 62.2 Å². The second-order valence-corrected chi connectivity index (χ2v) is 8.36. The number of fused-ring (bicyclic) bond motifs is 5. The molecule has 6 atom stereocenters. The maximum absolute atomic E-state index is 10.4. The van der Waals surface area contributed by atoms with Gasteiger partial charge in [-0.25, -0.2) is 0 Å². The predicted molar refractivity (Wildman–Crippen MR) is 83.7 cm³/mol. The van der Waals surface area contributed by atoms with E-state index in [2.05, 4.69) is 26.0 Å². The molecule has 2 heteroatoms. The Kier molecular flexibility index (Phi) is 2.97. The lowest BCUT2D eigenvalue weighted by Gasteiger charge is -2.56. The van der Waals surface area contributed by atoms with Crippen LogP contribution in [-0.2, 0) is 0 Å². The van der Waals surface area contributed by atoms with Crippen molar-refractivity contribution < 1.29 is 10.2 Å². The molecule has 0 amide bonds. The molecule has 0 bridgehead atoms. The molecular formula is C19H28O2. The molecule has 21 heavy (non-hydrogen) atoms. The number of hydrogen-bond donors (Lipinski definition) is 2. The van der Waals surface area contributed by atoms with Crippen LogP contribution in [-0.4, -0.2) is 22.4 Å². The van der Waals surface area contributed by atoms with Gasteiger partial charge in [-0.15, -0.1) is 0 Å². The lowest BCUT2D eigenvalue weighted by molar-refractivity contribution is -0.00278. The molecule has 0 aromatic carbocycles. The van der Waals surface area contributed by atoms with Crippen molar-refractivity contribution in [1.82, 2.24) is 0 Å². The van der Waals surface area contributed by atoms with Crippen LogP contribution < -0.4 is 0 Å². The third-order valence-corrected chi connectivity index (χ3v) is 7.44. The Balaban J connectivity index is 1.71. The molecular weight excluding hydrogens is 260 g/mol. The molecule has 0 radical (unpaired) electrons. The average molecular weight is 288 g/mol. The van der Waals surface area contributed by atoms with Crippen LogP contribution in [0.25, 0.3) is 0 Å². The zero-order valence-electron chi connectivity index (χ0n) is 13.3. The number of aliphatic hydroxyl groups excluding tert-OH is 2. The minimum absolute atomic E-state index is 0.0387. The summed E-state index contributed by atoms with van der Waals surface area (Å²) in [6.07, 6.45) is 11.8. The van der Waals surface area contributed by atoms with Gasteiger partial charge in [-0.2, -0.15) is 0 Å². The van der Waals surface area contributed by atoms with Crippen molar-refractivity contribution >= 4 is 0 Å². The Hall–Kier alpha value is -0.600. The van der Waals surface area contributed by atoms with Gasteiger partial charge in [0.15, 0.2) is 0 Å². The molecule has 4 aliphatic rings. The van der Waals surface area contributed by atoms with Crippen LogP contribution in [0.4, 0.5) is 0 Å². The highest BCUT2D eigenvalue weighted by Gasteiger charge is 2.55. The zero-order valence-corrected chi connectivity index (χ0v) is 13.3. The van der Waals surface area contributed by atoms with E-state index >= 15 is 0 Å². The molecule has 0 saturated heterocycles. The lowest BCUT2D eigenvalue weighted by Crippen LogP contribution is -2.48. The van der Waals surface area contributed by atoms with Crippen molar-refractivity contribution in [2.45, 2.75) is 71.0 Å². The average Bonchev–Trinajstić information content (AvgIpc) is 2.76. The summed E-state index contributed by atoms with van der Waals surface area (Å²) in [6.45, 7) is 4.72. The highest BCUT2D eigenvalue weighted by atomic mass is 16.3. The maximum Gasteiger partial charge on any atom is 0.0665 e. The summed E-state index contributed by atoms with van der Waals surface area (Å²) in [4.78, 5) is 0. The molecule has 2 nitrogen and oxygen atoms in total. The number of aliphatic hydroxyl groups is 2. The SMILES string of the molecule is C[C@]12CC[C@H]3[C@@H](CC=C4C[C@@H](O)CC[C@@]43C)C1=CC[C@@H]2O. The molecule has 4 aliphatic carbocycles. The van der Waals surface area contributed by atoms with Gasteiger partial charge in [0.25, 0.3) is 0 Å². The Morgan fingerprint density at radius 3 is 2.57 bits per heavy atom. The van der Waals surface area contributed by atoms with Crippen molar-refractivity contribution in [2.75, 3.05) is 0 Å². The van der Waals surface area contributed by atoms with Crippen molar-refractivity contribution in [3.63, 3.8) is 0 Å². The number of hydrogen-bond acceptors (Lipinski definition) is 2. The highest BCUT2D eigenvalue weighted by molar-refractivity contribution is 5.34. The van der Waals surface area contributed by atoms with Gasteiger partial charge in [0.2, 0.25) is 0 Å². The van der Waals surface area contributed by atoms with Gasteiger partial charge < -0.3 is 10.2 Å². The molecule has 4 rings (SSSR count). The van der Waals surface area contributed by atoms with E-state index in [0.717, 1.165) is 44.4 Å². The minimum atomic E-state index is -0.167. The van der Waals surface area contributed by atoms with Crippen LogP contribution in [0.15, 0.2) is 23.3 Å². The molecule has 0 aromatic rings. The quantitative estimate of drug-likeness (QED) is 0.669. The summed E-state index contributed by atoms with van der Waals surface area (Å²) in [5.41, 5.74) is 3.40. The maximum atomic E-state index is 10.4. The van der Waals surface area contributed by atoms with Gasteiger partial charge in [0.05, 0.1) is 12.2 Å². The van der Waals surface area contributed by atoms with Crippen molar-refractivity contribution in [1.29, 1.82) is 0 Å². The molecule has 116 valence electrons. The van der Waals surface area contributed by atoms with Crippen molar-refractivity contribution in [2.24, 2.45) is 22.7 Å². The Morgan fingerprint density at radius 1 is 1.00 bits per heavy atom. The zero-order chi connectivity index (χ0) is 14.8. The fraction of sp³-hybridized carbons (Fsp3) is 0.789. The fourth-order valence-corrected chi connectivity index (χ4v) is 5.96. The highest BCUT2D eigenvalue weighted by Crippen LogP contribution is 2.63. The van der Waals surface area contributed by atoms with Gasteiger partial charge in [0.1, 0.15) is 0 Å². The van der Waals surface area contributed by atoms with Crippen molar-refractivity contribution in [3.05, 3.63) is 23.3 Å². The third kappa shape index (κ3) is 1.78. The Labute approximate surface area is 127 Å². The normalized spacial score (nSPS) is 52.4. The Bertz CT molecular complexity index is 520. The molecule has 0 spiro atoms. The fourth-order valence-electron chi connectivity index (χ4n) is 5.96. The van der Waals surface area contributed by atoms with E-state index in [4.69, 9.17) is 0 Å². The van der Waals surface area contributed by atoms with Gasteiger partial charge in [-0.1, -0.05) is 37.1 Å². The van der Waals surface area contributed by atoms with E-state index in [9.17, 15) is 10.2 Å². The summed E-state index contributed by atoms with van der Waals surface area (Å²) < 4.78 is 0. The summed E-state index contributed by atoms with van der Waals surface area (Å²) in [6, 6.07) is 0. The second-order valence-electron chi connectivity index (χ2n) is 8.36. The third-order valence-electron chi connectivity index (χ3n) is 7.44. The van der Waals surface area contributed by atoms with Gasteiger partial charge in [0, 0.05) is 5.41 Å². The topological polar surface area (TPSA) is 40.5 Å². The van der Waals surface area contributed by atoms with Crippen LogP contribution in [0, 0.1) is 22.7 Å². The molecule has 2 saturated carbocycles. The number of rotatable bonds is 0. The molecule has 2 N–H and O–H groups in total. The second kappa shape index (κ2) is 4.45. The molecule has 0 heterocycles. The number of allylic oxidation sites excluding steroid dienone is 1. The van der Waals surface area contributed by atoms with Crippen LogP contribution >= 0.6 is 0 Å². The molecule has 2 fully saturated rings. The van der Waals surface area contributed by atoms with Gasteiger partial charge in [-0.3, -0.25) is 0 Å². The van der Waals surface area contributed by atoms with Gasteiger partial charge >= 0.3 is 0 Å².